The number of hydrogen-bond donors (Lipinski definition) is 2. The van der Waals surface area contributed by atoms with E-state index in [2.05, 4.69) is 54.1 Å². The van der Waals surface area contributed by atoms with E-state index in [0.29, 0.717) is 5.92 Å². The fraction of sp³-hybridized carbons (Fsp3) is 0.632. The SMILES string of the molecule is CN=C(NCCCc1nnc2n1CCCCC2)NCC(C)c1ccsc1. The summed E-state index contributed by atoms with van der Waals surface area (Å²) in [5.41, 5.74) is 1.38. The molecule has 3 rings (SSSR count). The predicted molar refractivity (Wildman–Crippen MR) is 108 cm³/mol. The Bertz CT molecular complexity index is 691. The standard InChI is InChI=1S/C19H30N6S/c1-15(16-9-12-26-14-16)13-22-19(20-2)21-10-6-8-18-24-23-17-7-4-3-5-11-25(17)18/h9,12,14-15H,3-8,10-11,13H2,1-2H3,(H2,20,21,22). The number of aryl methyl sites for hydroxylation is 2. The molecule has 1 aliphatic rings. The van der Waals surface area contributed by atoms with Crippen LogP contribution in [0, 0.1) is 0 Å². The van der Waals surface area contributed by atoms with Gasteiger partial charge in [-0.15, -0.1) is 10.2 Å². The van der Waals surface area contributed by atoms with Crippen molar-refractivity contribution in [2.75, 3.05) is 20.1 Å². The number of aliphatic imine (C=N–C) groups is 1. The van der Waals surface area contributed by atoms with Crippen LogP contribution in [0.3, 0.4) is 0 Å². The van der Waals surface area contributed by atoms with E-state index in [0.717, 1.165) is 50.7 Å². The van der Waals surface area contributed by atoms with Crippen LogP contribution >= 0.6 is 11.3 Å². The van der Waals surface area contributed by atoms with Gasteiger partial charge in [-0.3, -0.25) is 4.99 Å². The highest BCUT2D eigenvalue weighted by atomic mass is 32.1. The Morgan fingerprint density at radius 1 is 1.31 bits per heavy atom. The van der Waals surface area contributed by atoms with Gasteiger partial charge >= 0.3 is 0 Å². The number of aromatic nitrogens is 3. The molecule has 2 aromatic heterocycles. The third kappa shape index (κ3) is 5.06. The van der Waals surface area contributed by atoms with E-state index in [1.807, 2.05) is 7.05 Å². The smallest absolute Gasteiger partial charge is 0.190 e. The van der Waals surface area contributed by atoms with Crippen LogP contribution in [0.25, 0.3) is 0 Å². The normalized spacial score (nSPS) is 16.0. The maximum atomic E-state index is 4.40. The van der Waals surface area contributed by atoms with Crippen molar-refractivity contribution in [3.63, 3.8) is 0 Å². The number of nitrogens with zero attached hydrogens (tertiary/aromatic N) is 4. The average Bonchev–Trinajstić information content (AvgIpc) is 3.26. The van der Waals surface area contributed by atoms with Gasteiger partial charge < -0.3 is 15.2 Å². The van der Waals surface area contributed by atoms with Gasteiger partial charge in [0.15, 0.2) is 5.96 Å². The molecule has 0 aromatic carbocycles. The first-order chi connectivity index (χ1) is 12.8. The van der Waals surface area contributed by atoms with Gasteiger partial charge in [0.25, 0.3) is 0 Å². The average molecular weight is 375 g/mol. The van der Waals surface area contributed by atoms with Gasteiger partial charge in [0.2, 0.25) is 0 Å². The molecule has 0 saturated carbocycles. The molecule has 26 heavy (non-hydrogen) atoms. The van der Waals surface area contributed by atoms with Crippen LogP contribution in [0.5, 0.6) is 0 Å². The lowest BCUT2D eigenvalue weighted by molar-refractivity contribution is 0.593. The second-order valence-corrected chi connectivity index (χ2v) is 7.72. The third-order valence-electron chi connectivity index (χ3n) is 4.97. The molecule has 2 aromatic rings. The Balaban J connectivity index is 1.39. The highest BCUT2D eigenvalue weighted by molar-refractivity contribution is 7.07. The molecule has 142 valence electrons. The minimum Gasteiger partial charge on any atom is -0.356 e. The number of nitrogens with one attached hydrogen (secondary N) is 2. The molecule has 0 amide bonds. The summed E-state index contributed by atoms with van der Waals surface area (Å²) >= 11 is 1.75. The Hall–Kier alpha value is -1.89. The summed E-state index contributed by atoms with van der Waals surface area (Å²) in [7, 11) is 1.82. The molecule has 1 atom stereocenters. The molecule has 1 unspecified atom stereocenters. The van der Waals surface area contributed by atoms with Crippen molar-refractivity contribution in [1.29, 1.82) is 0 Å². The highest BCUT2D eigenvalue weighted by Crippen LogP contribution is 2.17. The number of fused-ring (bicyclic) bond motifs is 1. The van der Waals surface area contributed by atoms with Crippen LogP contribution < -0.4 is 10.6 Å². The van der Waals surface area contributed by atoms with Crippen molar-refractivity contribution in [2.24, 2.45) is 4.99 Å². The van der Waals surface area contributed by atoms with Crippen molar-refractivity contribution >= 4 is 17.3 Å². The first-order valence-electron chi connectivity index (χ1n) is 9.65. The lowest BCUT2D eigenvalue weighted by Crippen LogP contribution is -2.39. The molecule has 0 fully saturated rings. The van der Waals surface area contributed by atoms with Gasteiger partial charge in [0.1, 0.15) is 11.6 Å². The topological polar surface area (TPSA) is 67.1 Å². The molecular formula is C19H30N6S. The van der Waals surface area contributed by atoms with Crippen LogP contribution in [0.15, 0.2) is 21.8 Å². The minimum absolute atomic E-state index is 0.478. The van der Waals surface area contributed by atoms with Crippen molar-refractivity contribution in [1.82, 2.24) is 25.4 Å². The summed E-state index contributed by atoms with van der Waals surface area (Å²) < 4.78 is 2.34. The second-order valence-electron chi connectivity index (χ2n) is 6.94. The second kappa shape index (κ2) is 9.71. The van der Waals surface area contributed by atoms with Crippen LogP contribution in [-0.4, -0.2) is 40.9 Å². The van der Waals surface area contributed by atoms with Crippen molar-refractivity contribution < 1.29 is 0 Å². The van der Waals surface area contributed by atoms with Crippen molar-refractivity contribution in [2.45, 2.75) is 57.9 Å². The maximum Gasteiger partial charge on any atom is 0.190 e. The highest BCUT2D eigenvalue weighted by Gasteiger charge is 2.14. The van der Waals surface area contributed by atoms with Crippen LogP contribution in [0.2, 0.25) is 0 Å². The molecule has 2 N–H and O–H groups in total. The van der Waals surface area contributed by atoms with Gasteiger partial charge in [-0.05, 0) is 47.6 Å². The van der Waals surface area contributed by atoms with E-state index in [4.69, 9.17) is 0 Å². The first-order valence-corrected chi connectivity index (χ1v) is 10.6. The van der Waals surface area contributed by atoms with Crippen LogP contribution in [0.4, 0.5) is 0 Å². The fourth-order valence-corrected chi connectivity index (χ4v) is 4.11. The van der Waals surface area contributed by atoms with E-state index in [9.17, 15) is 0 Å². The number of hydrogen-bond acceptors (Lipinski definition) is 4. The summed E-state index contributed by atoms with van der Waals surface area (Å²) in [5.74, 6) is 3.65. The lowest BCUT2D eigenvalue weighted by atomic mass is 10.1. The van der Waals surface area contributed by atoms with E-state index >= 15 is 0 Å². The van der Waals surface area contributed by atoms with Gasteiger partial charge in [-0.25, -0.2) is 0 Å². The molecule has 0 radical (unpaired) electrons. The first kappa shape index (κ1) is 18.9. The zero-order chi connectivity index (χ0) is 18.2. The number of guanidine groups is 1. The van der Waals surface area contributed by atoms with Gasteiger partial charge in [0, 0.05) is 39.5 Å². The van der Waals surface area contributed by atoms with E-state index < -0.39 is 0 Å². The van der Waals surface area contributed by atoms with Crippen molar-refractivity contribution in [3.8, 4) is 0 Å². The molecule has 0 spiro atoms. The third-order valence-corrected chi connectivity index (χ3v) is 5.67. The summed E-state index contributed by atoms with van der Waals surface area (Å²) in [4.78, 5) is 4.32. The molecule has 3 heterocycles. The molecular weight excluding hydrogens is 344 g/mol. The zero-order valence-corrected chi connectivity index (χ0v) is 16.7. The summed E-state index contributed by atoms with van der Waals surface area (Å²) in [6.45, 7) is 5.08. The Morgan fingerprint density at radius 3 is 3.04 bits per heavy atom. The lowest BCUT2D eigenvalue weighted by Gasteiger charge is -2.15. The molecule has 1 aliphatic heterocycles. The Labute approximate surface area is 160 Å². The van der Waals surface area contributed by atoms with Crippen molar-refractivity contribution in [3.05, 3.63) is 34.0 Å². The molecule has 0 aliphatic carbocycles. The van der Waals surface area contributed by atoms with E-state index in [-0.39, 0.29) is 0 Å². The predicted octanol–water partition coefficient (Wildman–Crippen LogP) is 2.97. The summed E-state index contributed by atoms with van der Waals surface area (Å²) in [6, 6.07) is 2.19. The quantitative estimate of drug-likeness (QED) is 0.444. The number of rotatable bonds is 7. The summed E-state index contributed by atoms with van der Waals surface area (Å²) in [5, 5.41) is 20.0. The largest absolute Gasteiger partial charge is 0.356 e. The zero-order valence-electron chi connectivity index (χ0n) is 15.9. The molecule has 0 saturated heterocycles. The van der Waals surface area contributed by atoms with E-state index in [1.54, 1.807) is 11.3 Å². The Kier molecular flexibility index (Phi) is 7.05. The monoisotopic (exact) mass is 374 g/mol. The van der Waals surface area contributed by atoms with Crippen LogP contribution in [-0.2, 0) is 19.4 Å². The Morgan fingerprint density at radius 2 is 2.23 bits per heavy atom. The van der Waals surface area contributed by atoms with Gasteiger partial charge in [-0.1, -0.05) is 13.3 Å². The molecule has 7 heteroatoms. The minimum atomic E-state index is 0.478. The number of thiophene rings is 1. The van der Waals surface area contributed by atoms with Crippen LogP contribution in [0.1, 0.15) is 55.7 Å². The molecule has 0 bridgehead atoms. The summed E-state index contributed by atoms with van der Waals surface area (Å²) in [6.07, 6.45) is 6.85. The maximum absolute atomic E-state index is 4.40. The van der Waals surface area contributed by atoms with Gasteiger partial charge in [0.05, 0.1) is 0 Å². The molecule has 6 nitrogen and oxygen atoms in total. The van der Waals surface area contributed by atoms with Gasteiger partial charge in [-0.2, -0.15) is 11.3 Å². The van der Waals surface area contributed by atoms with E-state index in [1.165, 1.54) is 30.7 Å². The fourth-order valence-electron chi connectivity index (χ4n) is 3.33.